The maximum absolute atomic E-state index is 3.90. The second-order valence-corrected chi connectivity index (χ2v) is 2.93. The van der Waals surface area contributed by atoms with Crippen molar-refractivity contribution < 1.29 is 0 Å². The van der Waals surface area contributed by atoms with E-state index in [0.29, 0.717) is 0 Å². The van der Waals surface area contributed by atoms with E-state index >= 15 is 0 Å². The average molecular weight is 150 g/mol. The van der Waals surface area contributed by atoms with E-state index in [0.717, 1.165) is 24.8 Å². The standard InChI is InChI=1S/C9H14N2/c1-4-5-9(10-3)11-6-8(2)7-11/h4-5,8H,1,3,6-7H2,2H3/b9-5+. The Hall–Kier alpha value is -1.05. The van der Waals surface area contributed by atoms with E-state index < -0.39 is 0 Å². The van der Waals surface area contributed by atoms with Crippen LogP contribution in [-0.2, 0) is 0 Å². The summed E-state index contributed by atoms with van der Waals surface area (Å²) < 4.78 is 0. The number of allylic oxidation sites excluding steroid dienone is 2. The zero-order chi connectivity index (χ0) is 8.27. The average Bonchev–Trinajstić information content (AvgIpc) is 1.95. The molecule has 0 aromatic heterocycles. The summed E-state index contributed by atoms with van der Waals surface area (Å²) in [5, 5.41) is 0. The van der Waals surface area contributed by atoms with E-state index in [1.54, 1.807) is 6.08 Å². The zero-order valence-electron chi connectivity index (χ0n) is 6.95. The summed E-state index contributed by atoms with van der Waals surface area (Å²) in [5.41, 5.74) is 0. The van der Waals surface area contributed by atoms with Crippen LogP contribution >= 0.6 is 0 Å². The molecule has 1 heterocycles. The van der Waals surface area contributed by atoms with Gasteiger partial charge in [0.1, 0.15) is 5.82 Å². The first-order valence-electron chi connectivity index (χ1n) is 3.82. The SMILES string of the molecule is C=C/C=C(\N=C)N1CC(C)C1. The third-order valence-electron chi connectivity index (χ3n) is 1.82. The third kappa shape index (κ3) is 1.70. The maximum atomic E-state index is 3.90. The van der Waals surface area contributed by atoms with Crippen LogP contribution in [0.15, 0.2) is 29.5 Å². The molecule has 0 N–H and O–H groups in total. The van der Waals surface area contributed by atoms with Crippen molar-refractivity contribution in [3.8, 4) is 0 Å². The molecule has 0 aromatic rings. The van der Waals surface area contributed by atoms with Crippen molar-refractivity contribution in [3.63, 3.8) is 0 Å². The van der Waals surface area contributed by atoms with Crippen molar-refractivity contribution in [1.29, 1.82) is 0 Å². The Balaban J connectivity index is 2.51. The molecular formula is C9H14N2. The predicted octanol–water partition coefficient (Wildman–Crippen LogP) is 1.67. The minimum absolute atomic E-state index is 0.796. The predicted molar refractivity (Wildman–Crippen MR) is 48.6 cm³/mol. The van der Waals surface area contributed by atoms with Crippen LogP contribution in [0.2, 0.25) is 0 Å². The molecule has 1 rings (SSSR count). The molecule has 2 heteroatoms. The van der Waals surface area contributed by atoms with E-state index in [-0.39, 0.29) is 0 Å². The second kappa shape index (κ2) is 3.37. The third-order valence-corrected chi connectivity index (χ3v) is 1.82. The zero-order valence-corrected chi connectivity index (χ0v) is 6.95. The van der Waals surface area contributed by atoms with Gasteiger partial charge in [0.05, 0.1) is 0 Å². The van der Waals surface area contributed by atoms with E-state index in [1.807, 2.05) is 6.08 Å². The van der Waals surface area contributed by atoms with E-state index in [4.69, 9.17) is 0 Å². The lowest BCUT2D eigenvalue weighted by molar-refractivity contribution is 0.156. The summed E-state index contributed by atoms with van der Waals surface area (Å²) >= 11 is 0. The van der Waals surface area contributed by atoms with Crippen LogP contribution in [0.4, 0.5) is 0 Å². The normalized spacial score (nSPS) is 19.4. The molecule has 1 aliphatic heterocycles. The molecule has 1 saturated heterocycles. The first-order chi connectivity index (χ1) is 5.27. The van der Waals surface area contributed by atoms with Crippen LogP contribution < -0.4 is 0 Å². The highest BCUT2D eigenvalue weighted by Crippen LogP contribution is 2.20. The lowest BCUT2D eigenvalue weighted by Gasteiger charge is -2.38. The quantitative estimate of drug-likeness (QED) is 0.441. The number of nitrogens with zero attached hydrogens (tertiary/aromatic N) is 2. The fraction of sp³-hybridized carbons (Fsp3) is 0.444. The van der Waals surface area contributed by atoms with Gasteiger partial charge in [-0.25, -0.2) is 4.99 Å². The molecule has 1 aliphatic rings. The van der Waals surface area contributed by atoms with Crippen molar-refractivity contribution in [1.82, 2.24) is 4.90 Å². The molecule has 0 unspecified atom stereocenters. The Labute approximate surface area is 67.9 Å². The highest BCUT2D eigenvalue weighted by Gasteiger charge is 2.23. The smallest absolute Gasteiger partial charge is 0.127 e. The maximum Gasteiger partial charge on any atom is 0.127 e. The van der Waals surface area contributed by atoms with Crippen molar-refractivity contribution in [2.24, 2.45) is 10.9 Å². The van der Waals surface area contributed by atoms with E-state index in [1.165, 1.54) is 0 Å². The van der Waals surface area contributed by atoms with Crippen LogP contribution in [0, 0.1) is 5.92 Å². The van der Waals surface area contributed by atoms with Crippen LogP contribution in [0.3, 0.4) is 0 Å². The van der Waals surface area contributed by atoms with Gasteiger partial charge < -0.3 is 4.90 Å². The molecule has 0 aromatic carbocycles. The highest BCUT2D eigenvalue weighted by molar-refractivity contribution is 5.30. The Bertz CT molecular complexity index is 188. The van der Waals surface area contributed by atoms with Crippen LogP contribution in [0.1, 0.15) is 6.92 Å². The summed E-state index contributed by atoms with van der Waals surface area (Å²) in [6, 6.07) is 0. The topological polar surface area (TPSA) is 15.6 Å². The monoisotopic (exact) mass is 150 g/mol. The summed E-state index contributed by atoms with van der Waals surface area (Å²) in [5.74, 6) is 1.74. The molecule has 11 heavy (non-hydrogen) atoms. The molecule has 0 spiro atoms. The van der Waals surface area contributed by atoms with E-state index in [2.05, 4.69) is 30.1 Å². The number of likely N-dealkylation sites (tertiary alicyclic amines) is 1. The fourth-order valence-corrected chi connectivity index (χ4v) is 1.25. The van der Waals surface area contributed by atoms with Crippen LogP contribution in [-0.4, -0.2) is 24.7 Å². The van der Waals surface area contributed by atoms with Crippen molar-refractivity contribution in [2.45, 2.75) is 6.92 Å². The van der Waals surface area contributed by atoms with Gasteiger partial charge in [-0.05, 0) is 18.7 Å². The molecule has 0 aliphatic carbocycles. The molecule has 60 valence electrons. The Morgan fingerprint density at radius 3 is 2.64 bits per heavy atom. The first kappa shape index (κ1) is 8.05. The number of rotatable bonds is 3. The van der Waals surface area contributed by atoms with Crippen molar-refractivity contribution >= 4 is 6.72 Å². The second-order valence-electron chi connectivity index (χ2n) is 2.93. The molecular weight excluding hydrogens is 136 g/mol. The van der Waals surface area contributed by atoms with Gasteiger partial charge in [-0.2, -0.15) is 0 Å². The molecule has 0 radical (unpaired) electrons. The number of hydrogen-bond donors (Lipinski definition) is 0. The molecule has 0 saturated carbocycles. The van der Waals surface area contributed by atoms with Gasteiger partial charge in [0.25, 0.3) is 0 Å². The number of aliphatic imine (C=N–C) groups is 1. The molecule has 0 bridgehead atoms. The number of hydrogen-bond acceptors (Lipinski definition) is 2. The van der Waals surface area contributed by atoms with Gasteiger partial charge in [-0.15, -0.1) is 0 Å². The van der Waals surface area contributed by atoms with Gasteiger partial charge in [0.15, 0.2) is 0 Å². The largest absolute Gasteiger partial charge is 0.356 e. The molecule has 2 nitrogen and oxygen atoms in total. The highest BCUT2D eigenvalue weighted by atomic mass is 15.3. The fourth-order valence-electron chi connectivity index (χ4n) is 1.25. The molecule has 1 fully saturated rings. The summed E-state index contributed by atoms with van der Waals surface area (Å²) in [7, 11) is 0. The lowest BCUT2D eigenvalue weighted by atomic mass is 10.0. The van der Waals surface area contributed by atoms with Gasteiger partial charge in [-0.1, -0.05) is 19.6 Å². The Kier molecular flexibility index (Phi) is 2.47. The van der Waals surface area contributed by atoms with Crippen molar-refractivity contribution in [2.75, 3.05) is 13.1 Å². The van der Waals surface area contributed by atoms with Crippen molar-refractivity contribution in [3.05, 3.63) is 24.6 Å². The summed E-state index contributed by atoms with van der Waals surface area (Å²) in [4.78, 5) is 6.09. The van der Waals surface area contributed by atoms with Gasteiger partial charge in [0, 0.05) is 13.1 Å². The van der Waals surface area contributed by atoms with Gasteiger partial charge in [0.2, 0.25) is 0 Å². The molecule has 0 atom stereocenters. The Morgan fingerprint density at radius 1 is 1.64 bits per heavy atom. The van der Waals surface area contributed by atoms with Crippen LogP contribution in [0.5, 0.6) is 0 Å². The molecule has 0 amide bonds. The minimum Gasteiger partial charge on any atom is -0.356 e. The van der Waals surface area contributed by atoms with Gasteiger partial charge in [-0.3, -0.25) is 0 Å². The Morgan fingerprint density at radius 2 is 2.27 bits per heavy atom. The van der Waals surface area contributed by atoms with Crippen LogP contribution in [0.25, 0.3) is 0 Å². The summed E-state index contributed by atoms with van der Waals surface area (Å²) in [6.45, 7) is 11.5. The van der Waals surface area contributed by atoms with E-state index in [9.17, 15) is 0 Å². The first-order valence-corrected chi connectivity index (χ1v) is 3.82. The lowest BCUT2D eigenvalue weighted by Crippen LogP contribution is -2.43. The minimum atomic E-state index is 0.796. The van der Waals surface area contributed by atoms with Gasteiger partial charge >= 0.3 is 0 Å². The summed E-state index contributed by atoms with van der Waals surface area (Å²) in [6.07, 6.45) is 3.63.